The predicted molar refractivity (Wildman–Crippen MR) is 75.9 cm³/mol. The number of nitrogens with one attached hydrogen (secondary N) is 1. The number of aromatic nitrogens is 1. The summed E-state index contributed by atoms with van der Waals surface area (Å²) in [7, 11) is 0. The molecule has 0 aliphatic heterocycles. The van der Waals surface area contributed by atoms with Gasteiger partial charge >= 0.3 is 0 Å². The van der Waals surface area contributed by atoms with E-state index in [2.05, 4.69) is 10.3 Å². The fourth-order valence-corrected chi connectivity index (χ4v) is 2.86. The second-order valence-corrected chi connectivity index (χ2v) is 6.22. The minimum Gasteiger partial charge on any atom is -0.349 e. The fraction of sp³-hybridized carbons (Fsp3) is 0.333. The number of thiazole rings is 1. The van der Waals surface area contributed by atoms with Crippen LogP contribution in [0.1, 0.15) is 28.3 Å². The van der Waals surface area contributed by atoms with Gasteiger partial charge in [0.2, 0.25) is 5.91 Å². The number of carbonyl (C=O) groups is 1. The Morgan fingerprint density at radius 1 is 1.35 bits per heavy atom. The third-order valence-corrected chi connectivity index (χ3v) is 4.25. The van der Waals surface area contributed by atoms with Gasteiger partial charge in [-0.3, -0.25) is 4.79 Å². The van der Waals surface area contributed by atoms with Gasteiger partial charge in [0, 0.05) is 23.4 Å². The first-order valence-corrected chi connectivity index (χ1v) is 7.48. The van der Waals surface area contributed by atoms with E-state index in [0.29, 0.717) is 6.54 Å². The predicted octanol–water partition coefficient (Wildman–Crippen LogP) is 2.90. The molecule has 1 N–H and O–H groups in total. The van der Waals surface area contributed by atoms with Gasteiger partial charge in [-0.05, 0) is 30.5 Å². The minimum absolute atomic E-state index is 0.139. The molecule has 1 aliphatic rings. The van der Waals surface area contributed by atoms with Crippen molar-refractivity contribution in [1.29, 1.82) is 0 Å². The zero-order valence-electron chi connectivity index (χ0n) is 10.9. The third kappa shape index (κ3) is 3.42. The molecule has 0 spiro atoms. The Labute approximate surface area is 120 Å². The van der Waals surface area contributed by atoms with E-state index in [1.54, 1.807) is 23.5 Å². The molecule has 5 heteroatoms. The lowest BCUT2D eigenvalue weighted by Crippen LogP contribution is -2.23. The molecule has 3 nitrogen and oxygen atoms in total. The lowest BCUT2D eigenvalue weighted by Gasteiger charge is -2.00. The molecule has 0 bridgehead atoms. The summed E-state index contributed by atoms with van der Waals surface area (Å²) < 4.78 is 12.8. The number of benzene rings is 1. The van der Waals surface area contributed by atoms with Gasteiger partial charge in [-0.1, -0.05) is 12.1 Å². The largest absolute Gasteiger partial charge is 0.349 e. The summed E-state index contributed by atoms with van der Waals surface area (Å²) in [5, 5.41) is 3.82. The van der Waals surface area contributed by atoms with Gasteiger partial charge < -0.3 is 5.32 Å². The Balaban J connectivity index is 1.55. The summed E-state index contributed by atoms with van der Waals surface area (Å²) in [5.41, 5.74) is 1.06. The molecular weight excluding hydrogens is 275 g/mol. The molecule has 20 heavy (non-hydrogen) atoms. The van der Waals surface area contributed by atoms with E-state index in [-0.39, 0.29) is 17.6 Å². The Morgan fingerprint density at radius 2 is 2.10 bits per heavy atom. The van der Waals surface area contributed by atoms with Crippen LogP contribution in [0.3, 0.4) is 0 Å². The average Bonchev–Trinajstić information content (AvgIpc) is 3.20. The van der Waals surface area contributed by atoms with Crippen LogP contribution >= 0.6 is 11.3 Å². The molecular formula is C15H15FN2OS. The van der Waals surface area contributed by atoms with Crippen molar-refractivity contribution < 1.29 is 9.18 Å². The maximum absolute atomic E-state index is 12.8. The van der Waals surface area contributed by atoms with Crippen molar-refractivity contribution in [1.82, 2.24) is 10.3 Å². The highest BCUT2D eigenvalue weighted by atomic mass is 32.1. The first kappa shape index (κ1) is 13.2. The standard InChI is InChI=1S/C15H15FN2OS/c16-12-5-1-10(2-6-12)7-13-8-17-14(20-13)9-18-15(19)11-3-4-11/h1-2,5-6,8,11H,3-4,7,9H2,(H,18,19). The zero-order chi connectivity index (χ0) is 13.9. The van der Waals surface area contributed by atoms with Crippen molar-refractivity contribution in [3.63, 3.8) is 0 Å². The molecule has 1 fully saturated rings. The van der Waals surface area contributed by atoms with E-state index in [9.17, 15) is 9.18 Å². The van der Waals surface area contributed by atoms with Crippen molar-refractivity contribution in [3.8, 4) is 0 Å². The van der Waals surface area contributed by atoms with Crippen LogP contribution in [0.25, 0.3) is 0 Å². The van der Waals surface area contributed by atoms with E-state index < -0.39 is 0 Å². The summed E-state index contributed by atoms with van der Waals surface area (Å²) in [6, 6.07) is 6.49. The Bertz CT molecular complexity index is 605. The van der Waals surface area contributed by atoms with Crippen LogP contribution in [0.15, 0.2) is 30.5 Å². The highest BCUT2D eigenvalue weighted by molar-refractivity contribution is 7.11. The van der Waals surface area contributed by atoms with Crippen LogP contribution in [0.2, 0.25) is 0 Å². The summed E-state index contributed by atoms with van der Waals surface area (Å²) in [5.74, 6) is 0.149. The van der Waals surface area contributed by atoms with Gasteiger partial charge in [-0.2, -0.15) is 0 Å². The maximum Gasteiger partial charge on any atom is 0.223 e. The van der Waals surface area contributed by atoms with Crippen LogP contribution < -0.4 is 5.32 Å². The third-order valence-electron chi connectivity index (χ3n) is 3.26. The number of amides is 1. The van der Waals surface area contributed by atoms with Crippen LogP contribution in [0, 0.1) is 11.7 Å². The lowest BCUT2D eigenvalue weighted by atomic mass is 10.1. The smallest absolute Gasteiger partial charge is 0.223 e. The second-order valence-electron chi connectivity index (χ2n) is 5.02. The fourth-order valence-electron chi connectivity index (χ4n) is 1.97. The van der Waals surface area contributed by atoms with Crippen LogP contribution in [0.4, 0.5) is 4.39 Å². The van der Waals surface area contributed by atoms with E-state index in [4.69, 9.17) is 0 Å². The number of halogens is 1. The molecule has 3 rings (SSSR count). The number of nitrogens with zero attached hydrogens (tertiary/aromatic N) is 1. The topological polar surface area (TPSA) is 42.0 Å². The molecule has 1 aromatic heterocycles. The molecule has 1 aromatic carbocycles. The monoisotopic (exact) mass is 290 g/mol. The minimum atomic E-state index is -0.221. The number of rotatable bonds is 5. The zero-order valence-corrected chi connectivity index (χ0v) is 11.8. The molecule has 0 atom stereocenters. The van der Waals surface area contributed by atoms with Gasteiger partial charge in [0.1, 0.15) is 10.8 Å². The van der Waals surface area contributed by atoms with Crippen LogP contribution in [-0.4, -0.2) is 10.9 Å². The first-order valence-electron chi connectivity index (χ1n) is 6.66. The summed E-state index contributed by atoms with van der Waals surface area (Å²) in [4.78, 5) is 17.0. The average molecular weight is 290 g/mol. The summed E-state index contributed by atoms with van der Waals surface area (Å²) in [6.07, 6.45) is 4.60. The van der Waals surface area contributed by atoms with E-state index in [1.165, 1.54) is 12.1 Å². The Morgan fingerprint density at radius 3 is 2.80 bits per heavy atom. The molecule has 0 unspecified atom stereocenters. The van der Waals surface area contributed by atoms with E-state index in [0.717, 1.165) is 34.7 Å². The van der Waals surface area contributed by atoms with Crippen molar-refractivity contribution in [2.75, 3.05) is 0 Å². The molecule has 1 amide bonds. The Kier molecular flexibility index (Phi) is 3.78. The normalized spacial score (nSPS) is 14.2. The SMILES string of the molecule is O=C(NCc1ncc(Cc2ccc(F)cc2)s1)C1CC1. The van der Waals surface area contributed by atoms with E-state index in [1.807, 2.05) is 6.20 Å². The van der Waals surface area contributed by atoms with Crippen molar-refractivity contribution in [2.45, 2.75) is 25.8 Å². The molecule has 2 aromatic rings. The van der Waals surface area contributed by atoms with Gasteiger partial charge in [-0.25, -0.2) is 9.37 Å². The molecule has 0 radical (unpaired) electrons. The molecule has 0 saturated heterocycles. The van der Waals surface area contributed by atoms with Crippen LogP contribution in [0.5, 0.6) is 0 Å². The summed E-state index contributed by atoms with van der Waals surface area (Å²) >= 11 is 1.59. The summed E-state index contributed by atoms with van der Waals surface area (Å²) in [6.45, 7) is 0.503. The second kappa shape index (κ2) is 5.71. The highest BCUT2D eigenvalue weighted by Crippen LogP contribution is 2.29. The van der Waals surface area contributed by atoms with Crippen molar-refractivity contribution in [2.24, 2.45) is 5.92 Å². The van der Waals surface area contributed by atoms with Gasteiger partial charge in [-0.15, -0.1) is 11.3 Å². The van der Waals surface area contributed by atoms with Crippen molar-refractivity contribution >= 4 is 17.2 Å². The van der Waals surface area contributed by atoms with Crippen LogP contribution in [-0.2, 0) is 17.8 Å². The Hall–Kier alpha value is -1.75. The quantitative estimate of drug-likeness (QED) is 0.920. The molecule has 104 valence electrons. The molecule has 1 saturated carbocycles. The van der Waals surface area contributed by atoms with E-state index >= 15 is 0 Å². The number of carbonyl (C=O) groups excluding carboxylic acids is 1. The lowest BCUT2D eigenvalue weighted by molar-refractivity contribution is -0.122. The maximum atomic E-state index is 12.8. The van der Waals surface area contributed by atoms with Crippen molar-refractivity contribution in [3.05, 3.63) is 51.7 Å². The van der Waals surface area contributed by atoms with Gasteiger partial charge in [0.25, 0.3) is 0 Å². The van der Waals surface area contributed by atoms with Gasteiger partial charge in [0.05, 0.1) is 6.54 Å². The molecule has 1 aliphatic carbocycles. The first-order chi connectivity index (χ1) is 9.70. The number of hydrogen-bond acceptors (Lipinski definition) is 3. The number of hydrogen-bond donors (Lipinski definition) is 1. The van der Waals surface area contributed by atoms with Gasteiger partial charge in [0.15, 0.2) is 0 Å². The molecule has 1 heterocycles. The highest BCUT2D eigenvalue weighted by Gasteiger charge is 2.29.